The molecule has 2 aromatic carbocycles. The number of aliphatic hydroxyl groups excluding tert-OH is 8. The summed E-state index contributed by atoms with van der Waals surface area (Å²) in [7, 11) is 0. The third-order valence-electron chi connectivity index (χ3n) is 11.4. The average molecular weight is 861 g/mol. The van der Waals surface area contributed by atoms with Gasteiger partial charge in [-0.3, -0.25) is 4.79 Å². The third kappa shape index (κ3) is 7.44. The van der Waals surface area contributed by atoms with Crippen LogP contribution in [0.15, 0.2) is 57.4 Å². The Kier molecular flexibility index (Phi) is 11.8. The minimum atomic E-state index is -2.80. The number of fused-ring (bicyclic) bond motifs is 2. The molecule has 61 heavy (non-hydrogen) atoms. The van der Waals surface area contributed by atoms with Crippen LogP contribution in [-0.2, 0) is 30.2 Å². The van der Waals surface area contributed by atoms with Gasteiger partial charge in [0.15, 0.2) is 28.6 Å². The lowest BCUT2D eigenvalue weighted by atomic mass is 9.82. The smallest absolute Gasteiger partial charge is 0.340 e. The molecular formula is C39H44N2O20. The summed E-state index contributed by atoms with van der Waals surface area (Å²) in [6.45, 7) is -1.30. The second-order valence-corrected chi connectivity index (χ2v) is 15.1. The molecule has 330 valence electrons. The maximum atomic E-state index is 13.8. The fraction of sp³-hybridized carbons (Fsp3) is 0.462. The van der Waals surface area contributed by atoms with Crippen LogP contribution < -0.4 is 21.2 Å². The number of aromatic hydroxyl groups is 3. The van der Waals surface area contributed by atoms with E-state index in [4.69, 9.17) is 29.1 Å². The zero-order valence-electron chi connectivity index (χ0n) is 31.8. The van der Waals surface area contributed by atoms with Gasteiger partial charge in [-0.2, -0.15) is 0 Å². The Bertz CT molecular complexity index is 2330. The monoisotopic (exact) mass is 860 g/mol. The lowest BCUT2D eigenvalue weighted by Crippen LogP contribution is -2.70. The number of phenols is 3. The summed E-state index contributed by atoms with van der Waals surface area (Å²) < 4.78 is 28.8. The maximum absolute atomic E-state index is 13.8. The van der Waals surface area contributed by atoms with Gasteiger partial charge in [0.05, 0.1) is 6.17 Å². The summed E-state index contributed by atoms with van der Waals surface area (Å²) in [6.07, 6.45) is -15.7. The topological polar surface area (TPSA) is 382 Å². The van der Waals surface area contributed by atoms with Crippen LogP contribution in [0.1, 0.15) is 36.3 Å². The van der Waals surface area contributed by atoms with Gasteiger partial charge in [0.1, 0.15) is 64.9 Å². The average Bonchev–Trinajstić information content (AvgIpc) is 3.38. The molecule has 5 heterocycles. The molecule has 1 spiro atoms. The van der Waals surface area contributed by atoms with Crippen LogP contribution in [0.25, 0.3) is 22.3 Å². The summed E-state index contributed by atoms with van der Waals surface area (Å²) in [5.41, 5.74) is 2.68. The number of aliphatic carboxylic acids is 1. The fourth-order valence-corrected chi connectivity index (χ4v) is 8.14. The van der Waals surface area contributed by atoms with E-state index in [0.29, 0.717) is 5.57 Å². The van der Waals surface area contributed by atoms with E-state index in [-0.39, 0.29) is 52.0 Å². The van der Waals surface area contributed by atoms with E-state index in [1.807, 2.05) is 0 Å². The number of aliphatic hydroxyl groups is 8. The number of dihydropyridines is 1. The van der Waals surface area contributed by atoms with Crippen molar-refractivity contribution in [3.8, 4) is 34.3 Å². The Labute approximate surface area is 343 Å². The zero-order chi connectivity index (χ0) is 44.3. The number of hydrogen-bond acceptors (Lipinski definition) is 21. The Balaban J connectivity index is 1.31. The molecule has 0 aliphatic carbocycles. The second-order valence-electron chi connectivity index (χ2n) is 15.1. The number of phenolic OH excluding ortho intramolecular Hbond substituents is 3. The molecule has 2 fully saturated rings. The van der Waals surface area contributed by atoms with E-state index in [1.54, 1.807) is 12.2 Å². The molecule has 15 N–H and O–H groups in total. The summed E-state index contributed by atoms with van der Waals surface area (Å²) in [5, 5.41) is 130. The van der Waals surface area contributed by atoms with Crippen molar-refractivity contribution in [2.75, 3.05) is 13.2 Å². The van der Waals surface area contributed by atoms with E-state index in [1.165, 1.54) is 12.3 Å². The fourth-order valence-electron chi connectivity index (χ4n) is 8.14. The van der Waals surface area contributed by atoms with Crippen LogP contribution in [0, 0.1) is 0 Å². The van der Waals surface area contributed by atoms with Crippen molar-refractivity contribution < 1.29 is 94.2 Å². The first-order valence-electron chi connectivity index (χ1n) is 19.0. The van der Waals surface area contributed by atoms with Crippen LogP contribution in [0.3, 0.4) is 0 Å². The molecule has 3 aromatic rings. The van der Waals surface area contributed by atoms with Crippen molar-refractivity contribution in [3.05, 3.63) is 69.5 Å². The van der Waals surface area contributed by atoms with Crippen molar-refractivity contribution in [2.24, 2.45) is 5.73 Å². The summed E-state index contributed by atoms with van der Waals surface area (Å²) in [4.78, 5) is 39.8. The molecule has 0 amide bonds. The standard InChI is InChI=1S/C39H44N2O20/c40-23-2-1-15(13-41-23)17-3-5-39(34(53)29(49)28(48)32(60-39)35(54)58-36-31(51)30(50)33(52)38(61-36,6-8-43)37(55)56)59-22-12-21-25(27(47)24(17)22)18(44)11-20(57-21)16-9-14(4-7-42)26(46)19(45)10-16/h1-2,9-13,17,23,28-34,36,41-43,45-53H,3-8,40H2,(H,55,56)/t17-,23?,28-,29-,30+,31+,32-,33-,34+,36-,38-,39-/m0/s1. The van der Waals surface area contributed by atoms with Gasteiger partial charge in [0, 0.05) is 67.0 Å². The van der Waals surface area contributed by atoms with E-state index in [0.717, 1.165) is 18.2 Å². The van der Waals surface area contributed by atoms with Gasteiger partial charge in [-0.15, -0.1) is 0 Å². The highest BCUT2D eigenvalue weighted by Crippen LogP contribution is 2.52. The van der Waals surface area contributed by atoms with Crippen LogP contribution in [0.5, 0.6) is 23.0 Å². The lowest BCUT2D eigenvalue weighted by Gasteiger charge is -2.48. The van der Waals surface area contributed by atoms with Crippen LogP contribution in [-0.4, -0.2) is 153 Å². The molecule has 4 aliphatic heterocycles. The molecule has 7 rings (SSSR count). The molecule has 12 atom stereocenters. The molecule has 22 nitrogen and oxygen atoms in total. The number of ether oxygens (including phenoxy) is 4. The molecule has 1 aromatic heterocycles. The van der Waals surface area contributed by atoms with Crippen molar-refractivity contribution in [1.29, 1.82) is 0 Å². The van der Waals surface area contributed by atoms with Gasteiger partial charge >= 0.3 is 11.9 Å². The van der Waals surface area contributed by atoms with Gasteiger partial charge in [-0.1, -0.05) is 6.08 Å². The first-order chi connectivity index (χ1) is 28.9. The molecule has 0 bridgehead atoms. The molecule has 2 saturated heterocycles. The van der Waals surface area contributed by atoms with Gasteiger partial charge in [0.2, 0.25) is 12.1 Å². The van der Waals surface area contributed by atoms with Crippen molar-refractivity contribution in [3.63, 3.8) is 0 Å². The minimum absolute atomic E-state index is 0.0548. The number of nitrogens with one attached hydrogen (secondary N) is 1. The number of carboxylic acids is 1. The Hall–Kier alpha value is -5.37. The van der Waals surface area contributed by atoms with Crippen LogP contribution in [0.4, 0.5) is 0 Å². The van der Waals surface area contributed by atoms with Crippen molar-refractivity contribution >= 4 is 22.9 Å². The van der Waals surface area contributed by atoms with Gasteiger partial charge in [0.25, 0.3) is 0 Å². The molecule has 1 unspecified atom stereocenters. The number of allylic oxidation sites excluding steroid dienone is 2. The highest BCUT2D eigenvalue weighted by atomic mass is 16.8. The maximum Gasteiger partial charge on any atom is 0.340 e. The molecule has 0 radical (unpaired) electrons. The largest absolute Gasteiger partial charge is 0.507 e. The van der Waals surface area contributed by atoms with Crippen LogP contribution in [0.2, 0.25) is 0 Å². The predicted octanol–water partition coefficient (Wildman–Crippen LogP) is -2.94. The highest BCUT2D eigenvalue weighted by molar-refractivity contribution is 5.89. The number of carbonyl (C=O) groups excluding carboxylic acids is 1. The molecule has 4 aliphatic rings. The summed E-state index contributed by atoms with van der Waals surface area (Å²) >= 11 is 0. The number of rotatable bonds is 9. The Morgan fingerprint density at radius 2 is 1.62 bits per heavy atom. The number of hydrogen-bond donors (Lipinski definition) is 14. The first kappa shape index (κ1) is 43.7. The SMILES string of the molecule is NC1C=CC([C@@H]2CC[C@]3(Oc4cc5oc(-c6cc(O)c(O)c(CCO)c6)cc(=O)c5c(O)c42)O[C@H](C(=O)O[C@H]2O[C@](CCO)(C(=O)O)[C@@H](O)[C@H](O)[C@H]2O)[C@@H](O)[C@H](O)[C@H]3O)=CN1. The van der Waals surface area contributed by atoms with Crippen LogP contribution >= 0.6 is 0 Å². The minimum Gasteiger partial charge on any atom is -0.507 e. The van der Waals surface area contributed by atoms with Gasteiger partial charge in [-0.05, 0) is 36.6 Å². The van der Waals surface area contributed by atoms with Gasteiger partial charge < -0.3 is 95.7 Å². The molecular weight excluding hydrogens is 816 g/mol. The van der Waals surface area contributed by atoms with Gasteiger partial charge in [-0.25, -0.2) is 9.59 Å². The lowest BCUT2D eigenvalue weighted by molar-refractivity contribution is -0.345. The summed E-state index contributed by atoms with van der Waals surface area (Å²) in [5.74, 6) is -9.24. The summed E-state index contributed by atoms with van der Waals surface area (Å²) in [6, 6.07) is 4.63. The number of esters is 1. The second kappa shape index (κ2) is 16.5. The van der Waals surface area contributed by atoms with E-state index in [2.05, 4.69) is 5.32 Å². The predicted molar refractivity (Wildman–Crippen MR) is 201 cm³/mol. The third-order valence-corrected chi connectivity index (χ3v) is 11.4. The number of carbonyl (C=O) groups is 2. The zero-order valence-corrected chi connectivity index (χ0v) is 31.8. The van der Waals surface area contributed by atoms with E-state index < -0.39 is 133 Å². The van der Waals surface area contributed by atoms with E-state index in [9.17, 15) is 75.7 Å². The quantitative estimate of drug-likeness (QED) is 0.0756. The highest BCUT2D eigenvalue weighted by Gasteiger charge is 2.62. The number of carboxylic acid groups (broad SMARTS) is 1. The number of benzene rings is 2. The van der Waals surface area contributed by atoms with Crippen molar-refractivity contribution in [1.82, 2.24) is 5.32 Å². The normalized spacial score (nSPS) is 33.6. The first-order valence-corrected chi connectivity index (χ1v) is 19.0. The number of nitrogens with two attached hydrogens (primary N) is 1. The Morgan fingerprint density at radius 1 is 0.902 bits per heavy atom. The van der Waals surface area contributed by atoms with Crippen molar-refractivity contribution in [2.45, 2.75) is 98.2 Å². The molecule has 22 heteroatoms. The molecule has 0 saturated carbocycles. The van der Waals surface area contributed by atoms with E-state index >= 15 is 0 Å². The Morgan fingerprint density at radius 3 is 2.28 bits per heavy atom.